The second kappa shape index (κ2) is 6.29. The Morgan fingerprint density at radius 2 is 1.95 bits per heavy atom. The molecule has 0 unspecified atom stereocenters. The fourth-order valence-corrected chi connectivity index (χ4v) is 3.65. The number of hydrogen-bond acceptors (Lipinski definition) is 3. The molecule has 21 heavy (non-hydrogen) atoms. The molecule has 0 saturated heterocycles. The van der Waals surface area contributed by atoms with E-state index in [0.29, 0.717) is 5.92 Å². The number of esters is 1. The van der Waals surface area contributed by atoms with Gasteiger partial charge in [-0.15, -0.1) is 0 Å². The van der Waals surface area contributed by atoms with E-state index in [1.807, 2.05) is 30.3 Å². The van der Waals surface area contributed by atoms with E-state index in [0.717, 1.165) is 17.9 Å². The SMILES string of the molecule is O=C(CNC(=O)[C@H]1C[C@H]2CC[C@H]1C2)OCc1ccccc1. The molecule has 3 atom stereocenters. The van der Waals surface area contributed by atoms with Gasteiger partial charge in [0.15, 0.2) is 0 Å². The molecule has 1 aromatic rings. The highest BCUT2D eigenvalue weighted by Gasteiger charge is 2.42. The van der Waals surface area contributed by atoms with Gasteiger partial charge in [-0.3, -0.25) is 9.59 Å². The van der Waals surface area contributed by atoms with Crippen molar-refractivity contribution in [2.45, 2.75) is 32.3 Å². The number of nitrogens with one attached hydrogen (secondary N) is 1. The topological polar surface area (TPSA) is 55.4 Å². The second-order valence-electron chi connectivity index (χ2n) is 6.15. The van der Waals surface area contributed by atoms with Crippen LogP contribution in [0.3, 0.4) is 0 Å². The summed E-state index contributed by atoms with van der Waals surface area (Å²) in [5, 5.41) is 2.73. The zero-order valence-electron chi connectivity index (χ0n) is 12.1. The van der Waals surface area contributed by atoms with E-state index in [9.17, 15) is 9.59 Å². The highest BCUT2D eigenvalue weighted by molar-refractivity contribution is 5.84. The summed E-state index contributed by atoms with van der Waals surface area (Å²) < 4.78 is 5.15. The lowest BCUT2D eigenvalue weighted by Gasteiger charge is -2.20. The summed E-state index contributed by atoms with van der Waals surface area (Å²) in [4.78, 5) is 23.8. The summed E-state index contributed by atoms with van der Waals surface area (Å²) in [6.45, 7) is 0.225. The predicted octanol–water partition coefficient (Wildman–Crippen LogP) is 2.28. The van der Waals surface area contributed by atoms with Crippen molar-refractivity contribution in [2.24, 2.45) is 17.8 Å². The van der Waals surface area contributed by atoms with Crippen LogP contribution in [0.2, 0.25) is 0 Å². The molecule has 1 amide bonds. The van der Waals surface area contributed by atoms with Crippen molar-refractivity contribution in [2.75, 3.05) is 6.54 Å². The summed E-state index contributed by atoms with van der Waals surface area (Å²) in [6, 6.07) is 9.53. The third-order valence-electron chi connectivity index (χ3n) is 4.72. The molecule has 0 aromatic heterocycles. The van der Waals surface area contributed by atoms with Gasteiger partial charge in [0.2, 0.25) is 5.91 Å². The first-order valence-electron chi connectivity index (χ1n) is 7.69. The van der Waals surface area contributed by atoms with E-state index in [4.69, 9.17) is 4.74 Å². The molecule has 0 heterocycles. The number of fused-ring (bicyclic) bond motifs is 2. The van der Waals surface area contributed by atoms with Gasteiger partial charge in [0.05, 0.1) is 0 Å². The molecule has 2 aliphatic rings. The van der Waals surface area contributed by atoms with Gasteiger partial charge >= 0.3 is 5.97 Å². The number of ether oxygens (including phenoxy) is 1. The fourth-order valence-electron chi connectivity index (χ4n) is 3.65. The van der Waals surface area contributed by atoms with Crippen LogP contribution in [0.15, 0.2) is 30.3 Å². The van der Waals surface area contributed by atoms with Gasteiger partial charge in [0.25, 0.3) is 0 Å². The first-order chi connectivity index (χ1) is 10.2. The first-order valence-corrected chi connectivity index (χ1v) is 7.69. The lowest BCUT2D eigenvalue weighted by molar-refractivity contribution is -0.145. The third-order valence-corrected chi connectivity index (χ3v) is 4.72. The van der Waals surface area contributed by atoms with Crippen molar-refractivity contribution in [3.63, 3.8) is 0 Å². The highest BCUT2D eigenvalue weighted by atomic mass is 16.5. The van der Waals surface area contributed by atoms with Crippen LogP contribution in [-0.2, 0) is 20.9 Å². The number of rotatable bonds is 5. The van der Waals surface area contributed by atoms with E-state index in [2.05, 4.69) is 5.32 Å². The molecule has 1 N–H and O–H groups in total. The van der Waals surface area contributed by atoms with Gasteiger partial charge in [0, 0.05) is 5.92 Å². The molecule has 2 fully saturated rings. The van der Waals surface area contributed by atoms with E-state index in [1.54, 1.807) is 0 Å². The molecule has 2 aliphatic carbocycles. The summed E-state index contributed by atoms with van der Waals surface area (Å²) in [6.07, 6.45) is 4.63. The van der Waals surface area contributed by atoms with Crippen molar-refractivity contribution >= 4 is 11.9 Å². The van der Waals surface area contributed by atoms with Gasteiger partial charge in [-0.05, 0) is 36.7 Å². The largest absolute Gasteiger partial charge is 0.460 e. The van der Waals surface area contributed by atoms with Crippen molar-refractivity contribution in [3.8, 4) is 0 Å². The van der Waals surface area contributed by atoms with E-state index in [-0.39, 0.29) is 30.9 Å². The minimum absolute atomic E-state index is 0.0267. The average molecular weight is 287 g/mol. The van der Waals surface area contributed by atoms with Crippen molar-refractivity contribution in [3.05, 3.63) is 35.9 Å². The van der Waals surface area contributed by atoms with Crippen LogP contribution in [0.25, 0.3) is 0 Å². The second-order valence-corrected chi connectivity index (χ2v) is 6.15. The summed E-state index contributed by atoms with van der Waals surface area (Å²) >= 11 is 0. The van der Waals surface area contributed by atoms with Crippen LogP contribution in [0.4, 0.5) is 0 Å². The van der Waals surface area contributed by atoms with Crippen LogP contribution < -0.4 is 5.32 Å². The average Bonchev–Trinajstić information content (AvgIpc) is 3.14. The molecule has 1 aromatic carbocycles. The molecule has 112 valence electrons. The van der Waals surface area contributed by atoms with Gasteiger partial charge in [0.1, 0.15) is 13.2 Å². The van der Waals surface area contributed by atoms with Crippen LogP contribution in [-0.4, -0.2) is 18.4 Å². The number of carbonyl (C=O) groups excluding carboxylic acids is 2. The number of hydrogen-bond donors (Lipinski definition) is 1. The summed E-state index contributed by atoms with van der Waals surface area (Å²) in [5.41, 5.74) is 0.949. The minimum Gasteiger partial charge on any atom is -0.460 e. The fraction of sp³-hybridized carbons (Fsp3) is 0.529. The van der Waals surface area contributed by atoms with Crippen LogP contribution in [0, 0.1) is 17.8 Å². The first kappa shape index (κ1) is 14.1. The molecule has 3 rings (SSSR count). The molecular formula is C17H21NO3. The standard InChI is InChI=1S/C17H21NO3/c19-16(21-11-12-4-2-1-3-5-12)10-18-17(20)15-9-13-6-7-14(15)8-13/h1-5,13-15H,6-11H2,(H,18,20)/t13-,14-,15-/m0/s1. The maximum absolute atomic E-state index is 12.1. The molecule has 4 heteroatoms. The predicted molar refractivity (Wildman–Crippen MR) is 78.2 cm³/mol. The number of benzene rings is 1. The molecule has 0 aliphatic heterocycles. The Hall–Kier alpha value is -1.84. The Kier molecular flexibility index (Phi) is 4.23. The Morgan fingerprint density at radius 1 is 1.14 bits per heavy atom. The Labute approximate surface area is 124 Å². The summed E-state index contributed by atoms with van der Waals surface area (Å²) in [7, 11) is 0. The molecule has 2 bridgehead atoms. The minimum atomic E-state index is -0.379. The number of carbonyl (C=O) groups is 2. The van der Waals surface area contributed by atoms with Crippen LogP contribution >= 0.6 is 0 Å². The van der Waals surface area contributed by atoms with E-state index >= 15 is 0 Å². The quantitative estimate of drug-likeness (QED) is 0.845. The molecule has 0 radical (unpaired) electrons. The normalized spacial score (nSPS) is 26.6. The Morgan fingerprint density at radius 3 is 2.62 bits per heavy atom. The van der Waals surface area contributed by atoms with E-state index < -0.39 is 0 Å². The lowest BCUT2D eigenvalue weighted by Crippen LogP contribution is -2.37. The van der Waals surface area contributed by atoms with Gasteiger partial charge in [-0.1, -0.05) is 36.8 Å². The maximum atomic E-state index is 12.1. The van der Waals surface area contributed by atoms with Gasteiger partial charge in [-0.2, -0.15) is 0 Å². The Bertz CT molecular complexity index is 514. The van der Waals surface area contributed by atoms with Crippen molar-refractivity contribution in [1.29, 1.82) is 0 Å². The maximum Gasteiger partial charge on any atom is 0.325 e. The molecule has 2 saturated carbocycles. The Balaban J connectivity index is 1.38. The smallest absolute Gasteiger partial charge is 0.325 e. The van der Waals surface area contributed by atoms with Crippen molar-refractivity contribution < 1.29 is 14.3 Å². The van der Waals surface area contributed by atoms with E-state index in [1.165, 1.54) is 19.3 Å². The molecule has 0 spiro atoms. The van der Waals surface area contributed by atoms with Crippen LogP contribution in [0.1, 0.15) is 31.2 Å². The summed E-state index contributed by atoms with van der Waals surface area (Å²) in [5.74, 6) is 1.03. The number of amides is 1. The van der Waals surface area contributed by atoms with Gasteiger partial charge in [-0.25, -0.2) is 0 Å². The zero-order chi connectivity index (χ0) is 14.7. The zero-order valence-corrected chi connectivity index (χ0v) is 12.1. The molecule has 4 nitrogen and oxygen atoms in total. The van der Waals surface area contributed by atoms with Gasteiger partial charge < -0.3 is 10.1 Å². The highest BCUT2D eigenvalue weighted by Crippen LogP contribution is 2.48. The molecular weight excluding hydrogens is 266 g/mol. The lowest BCUT2D eigenvalue weighted by atomic mass is 9.88. The van der Waals surface area contributed by atoms with Crippen molar-refractivity contribution in [1.82, 2.24) is 5.32 Å². The monoisotopic (exact) mass is 287 g/mol. The van der Waals surface area contributed by atoms with Crippen LogP contribution in [0.5, 0.6) is 0 Å². The third kappa shape index (κ3) is 3.43.